The highest BCUT2D eigenvalue weighted by molar-refractivity contribution is 7.15. The van der Waals surface area contributed by atoms with Crippen molar-refractivity contribution >= 4 is 16.5 Å². The first kappa shape index (κ1) is 13.6. The van der Waals surface area contributed by atoms with E-state index in [1.54, 1.807) is 18.4 Å². The van der Waals surface area contributed by atoms with Crippen molar-refractivity contribution in [1.29, 1.82) is 0 Å². The number of hydrogen-bond acceptors (Lipinski definition) is 4. The first-order valence-electron chi connectivity index (χ1n) is 6.70. The quantitative estimate of drug-likeness (QED) is 0.792. The van der Waals surface area contributed by atoms with Gasteiger partial charge in [0.15, 0.2) is 5.13 Å². The van der Waals surface area contributed by atoms with Crippen LogP contribution < -0.4 is 10.5 Å². The molecule has 0 saturated heterocycles. The molecule has 0 radical (unpaired) electrons. The van der Waals surface area contributed by atoms with E-state index in [2.05, 4.69) is 17.1 Å². The number of anilines is 1. The van der Waals surface area contributed by atoms with Crippen LogP contribution in [0.1, 0.15) is 10.4 Å². The van der Waals surface area contributed by atoms with Gasteiger partial charge in [0.1, 0.15) is 5.75 Å². The van der Waals surface area contributed by atoms with Gasteiger partial charge in [0.2, 0.25) is 0 Å². The van der Waals surface area contributed by atoms with E-state index in [0.29, 0.717) is 5.13 Å². The summed E-state index contributed by atoms with van der Waals surface area (Å²) in [5.74, 6) is 0.824. The van der Waals surface area contributed by atoms with Gasteiger partial charge < -0.3 is 10.5 Å². The molecule has 21 heavy (non-hydrogen) atoms. The second kappa shape index (κ2) is 5.97. The van der Waals surface area contributed by atoms with Gasteiger partial charge in [-0.25, -0.2) is 4.98 Å². The van der Waals surface area contributed by atoms with Crippen LogP contribution in [0.15, 0.2) is 54.6 Å². The van der Waals surface area contributed by atoms with Gasteiger partial charge in [-0.2, -0.15) is 0 Å². The number of hydrogen-bond donors (Lipinski definition) is 1. The molecule has 1 heterocycles. The van der Waals surface area contributed by atoms with Gasteiger partial charge >= 0.3 is 0 Å². The molecule has 0 amide bonds. The maximum atomic E-state index is 5.92. The standard InChI is InChI=1S/C17H16N2OS/c1-20-14-9-5-8-13(11-14)16-15(21-17(18)19-16)10-12-6-3-2-4-7-12/h2-9,11H,10H2,1H3,(H2,18,19). The minimum absolute atomic E-state index is 0.596. The molecule has 0 saturated carbocycles. The van der Waals surface area contributed by atoms with Crippen molar-refractivity contribution in [2.45, 2.75) is 6.42 Å². The van der Waals surface area contributed by atoms with Crippen molar-refractivity contribution in [3.63, 3.8) is 0 Å². The van der Waals surface area contributed by atoms with E-state index in [9.17, 15) is 0 Å². The largest absolute Gasteiger partial charge is 0.497 e. The molecule has 0 unspecified atom stereocenters. The number of nitrogens with zero attached hydrogens (tertiary/aromatic N) is 1. The third-order valence-electron chi connectivity index (χ3n) is 3.26. The summed E-state index contributed by atoms with van der Waals surface area (Å²) in [4.78, 5) is 5.67. The summed E-state index contributed by atoms with van der Waals surface area (Å²) in [6.45, 7) is 0. The summed E-state index contributed by atoms with van der Waals surface area (Å²) in [5.41, 5.74) is 9.15. The number of ether oxygens (including phenoxy) is 1. The highest BCUT2D eigenvalue weighted by atomic mass is 32.1. The molecule has 0 aliphatic rings. The summed E-state index contributed by atoms with van der Waals surface area (Å²) in [6.07, 6.45) is 0.836. The SMILES string of the molecule is COc1cccc(-c2nc(N)sc2Cc2ccccc2)c1. The zero-order valence-electron chi connectivity index (χ0n) is 11.7. The first-order valence-corrected chi connectivity index (χ1v) is 7.51. The van der Waals surface area contributed by atoms with Gasteiger partial charge in [-0.3, -0.25) is 0 Å². The number of thiazole rings is 1. The lowest BCUT2D eigenvalue weighted by molar-refractivity contribution is 0.415. The average Bonchev–Trinajstić information content (AvgIpc) is 2.89. The van der Waals surface area contributed by atoms with E-state index in [1.165, 1.54) is 10.4 Å². The maximum absolute atomic E-state index is 5.92. The van der Waals surface area contributed by atoms with Crippen LogP contribution in [0.3, 0.4) is 0 Å². The van der Waals surface area contributed by atoms with E-state index >= 15 is 0 Å². The highest BCUT2D eigenvalue weighted by Gasteiger charge is 2.13. The van der Waals surface area contributed by atoms with Gasteiger partial charge in [0.05, 0.1) is 12.8 Å². The molecule has 106 valence electrons. The van der Waals surface area contributed by atoms with Crippen molar-refractivity contribution in [1.82, 2.24) is 4.98 Å². The summed E-state index contributed by atoms with van der Waals surface area (Å²) >= 11 is 1.54. The van der Waals surface area contributed by atoms with E-state index in [-0.39, 0.29) is 0 Å². The number of aromatic nitrogens is 1. The van der Waals surface area contributed by atoms with Crippen LogP contribution in [0.2, 0.25) is 0 Å². The van der Waals surface area contributed by atoms with Crippen molar-refractivity contribution in [3.05, 3.63) is 65.0 Å². The zero-order valence-corrected chi connectivity index (χ0v) is 12.6. The van der Waals surface area contributed by atoms with Crippen molar-refractivity contribution in [3.8, 4) is 17.0 Å². The topological polar surface area (TPSA) is 48.1 Å². The van der Waals surface area contributed by atoms with Crippen molar-refractivity contribution in [2.24, 2.45) is 0 Å². The lowest BCUT2D eigenvalue weighted by Gasteiger charge is -2.05. The Balaban J connectivity index is 1.99. The lowest BCUT2D eigenvalue weighted by atomic mass is 10.1. The third kappa shape index (κ3) is 3.06. The van der Waals surface area contributed by atoms with Crippen LogP contribution >= 0.6 is 11.3 Å². The summed E-state index contributed by atoms with van der Waals surface area (Å²) in [5, 5.41) is 0.596. The van der Waals surface area contributed by atoms with E-state index in [4.69, 9.17) is 10.5 Å². The van der Waals surface area contributed by atoms with Crippen LogP contribution in [-0.2, 0) is 6.42 Å². The fourth-order valence-electron chi connectivity index (χ4n) is 2.27. The molecule has 1 aromatic heterocycles. The molecule has 0 fully saturated rings. The highest BCUT2D eigenvalue weighted by Crippen LogP contribution is 2.33. The second-order valence-corrected chi connectivity index (χ2v) is 5.83. The van der Waals surface area contributed by atoms with Crippen LogP contribution in [0.4, 0.5) is 5.13 Å². The zero-order chi connectivity index (χ0) is 14.7. The van der Waals surface area contributed by atoms with Crippen LogP contribution in [0.5, 0.6) is 5.75 Å². The van der Waals surface area contributed by atoms with Gasteiger partial charge in [-0.1, -0.05) is 42.5 Å². The number of benzene rings is 2. The monoisotopic (exact) mass is 296 g/mol. The number of rotatable bonds is 4. The molecule has 2 N–H and O–H groups in total. The molecule has 2 aromatic carbocycles. The molecule has 3 rings (SSSR count). The van der Waals surface area contributed by atoms with E-state index in [1.807, 2.05) is 42.5 Å². The predicted octanol–water partition coefficient (Wildman–Crippen LogP) is 3.99. The van der Waals surface area contributed by atoms with Crippen LogP contribution in [0.25, 0.3) is 11.3 Å². The van der Waals surface area contributed by atoms with Gasteiger partial charge in [0.25, 0.3) is 0 Å². The van der Waals surface area contributed by atoms with Gasteiger partial charge in [-0.05, 0) is 17.7 Å². The van der Waals surface area contributed by atoms with Crippen molar-refractivity contribution in [2.75, 3.05) is 12.8 Å². The molecule has 0 spiro atoms. The molecular formula is C17H16N2OS. The number of nitrogen functional groups attached to an aromatic ring is 1. The molecule has 0 atom stereocenters. The van der Waals surface area contributed by atoms with E-state index in [0.717, 1.165) is 23.4 Å². The summed E-state index contributed by atoms with van der Waals surface area (Å²) in [7, 11) is 1.67. The molecular weight excluding hydrogens is 280 g/mol. The molecule has 0 aliphatic carbocycles. The maximum Gasteiger partial charge on any atom is 0.180 e. The van der Waals surface area contributed by atoms with Gasteiger partial charge in [0, 0.05) is 16.9 Å². The smallest absolute Gasteiger partial charge is 0.180 e. The Kier molecular flexibility index (Phi) is 3.88. The second-order valence-electron chi connectivity index (χ2n) is 4.72. The number of methoxy groups -OCH3 is 1. The third-order valence-corrected chi connectivity index (χ3v) is 4.15. The molecule has 3 nitrogen and oxygen atoms in total. The Hall–Kier alpha value is -2.33. The minimum atomic E-state index is 0.596. The molecule has 0 bridgehead atoms. The van der Waals surface area contributed by atoms with Crippen molar-refractivity contribution < 1.29 is 4.74 Å². The molecule has 0 aliphatic heterocycles. The first-order chi connectivity index (χ1) is 10.3. The van der Waals surface area contributed by atoms with E-state index < -0.39 is 0 Å². The average molecular weight is 296 g/mol. The molecule has 4 heteroatoms. The Labute approximate surface area is 128 Å². The Morgan fingerprint density at radius 2 is 1.90 bits per heavy atom. The normalized spacial score (nSPS) is 10.5. The number of nitrogens with two attached hydrogens (primary N) is 1. The van der Waals surface area contributed by atoms with Crippen LogP contribution in [0, 0.1) is 0 Å². The lowest BCUT2D eigenvalue weighted by Crippen LogP contribution is -1.90. The predicted molar refractivity (Wildman–Crippen MR) is 87.8 cm³/mol. The Bertz CT molecular complexity index is 738. The Morgan fingerprint density at radius 3 is 2.67 bits per heavy atom. The fourth-order valence-corrected chi connectivity index (χ4v) is 3.16. The fraction of sp³-hybridized carbons (Fsp3) is 0.118. The molecule has 3 aromatic rings. The summed E-state index contributed by atoms with van der Waals surface area (Å²) < 4.78 is 5.29. The van der Waals surface area contributed by atoms with Crippen LogP contribution in [-0.4, -0.2) is 12.1 Å². The minimum Gasteiger partial charge on any atom is -0.497 e. The van der Waals surface area contributed by atoms with Gasteiger partial charge in [-0.15, -0.1) is 11.3 Å². The Morgan fingerprint density at radius 1 is 1.10 bits per heavy atom. The summed E-state index contributed by atoms with van der Waals surface area (Å²) in [6, 6.07) is 18.3.